The number of rotatable bonds is 7. The standard InChI is InChI=1S/C23H20FN3O5S/c1-13-19-11-20(33-22(19)27(26-13)16-6-4-14(24)5-7-16)23(29)32-12-21(28)25-15-8-17(30-2)10-18(9-15)31-3/h4-11H,12H2,1-3H3,(H,25,28). The fraction of sp³-hybridized carbons (Fsp3) is 0.174. The zero-order valence-electron chi connectivity index (χ0n) is 18.0. The van der Waals surface area contributed by atoms with Crippen LogP contribution in [0.5, 0.6) is 11.5 Å². The highest BCUT2D eigenvalue weighted by Crippen LogP contribution is 2.31. The van der Waals surface area contributed by atoms with Gasteiger partial charge in [-0.25, -0.2) is 13.9 Å². The largest absolute Gasteiger partial charge is 0.497 e. The molecule has 0 radical (unpaired) electrons. The number of aromatic nitrogens is 2. The first-order chi connectivity index (χ1) is 15.9. The van der Waals surface area contributed by atoms with Gasteiger partial charge in [-0.3, -0.25) is 4.79 Å². The van der Waals surface area contributed by atoms with Crippen LogP contribution in [0.2, 0.25) is 0 Å². The van der Waals surface area contributed by atoms with Crippen molar-refractivity contribution in [2.24, 2.45) is 0 Å². The molecule has 1 N–H and O–H groups in total. The summed E-state index contributed by atoms with van der Waals surface area (Å²) >= 11 is 1.18. The van der Waals surface area contributed by atoms with Gasteiger partial charge < -0.3 is 19.5 Å². The van der Waals surface area contributed by atoms with Gasteiger partial charge in [-0.2, -0.15) is 5.10 Å². The topological polar surface area (TPSA) is 91.7 Å². The molecule has 2 aromatic carbocycles. The first kappa shape index (κ1) is 22.3. The number of carbonyl (C=O) groups excluding carboxylic acids is 2. The summed E-state index contributed by atoms with van der Waals surface area (Å²) in [5.41, 5.74) is 1.84. The smallest absolute Gasteiger partial charge is 0.348 e. The van der Waals surface area contributed by atoms with E-state index in [1.165, 1.54) is 37.7 Å². The number of hydrogen-bond donors (Lipinski definition) is 1. The van der Waals surface area contributed by atoms with E-state index in [0.717, 1.165) is 10.2 Å². The summed E-state index contributed by atoms with van der Waals surface area (Å²) in [5, 5.41) is 7.90. The molecule has 33 heavy (non-hydrogen) atoms. The van der Waals surface area contributed by atoms with Crippen molar-refractivity contribution in [3.8, 4) is 17.2 Å². The first-order valence-corrected chi connectivity index (χ1v) is 10.6. The maximum absolute atomic E-state index is 13.3. The van der Waals surface area contributed by atoms with Gasteiger partial charge in [-0.15, -0.1) is 11.3 Å². The van der Waals surface area contributed by atoms with E-state index in [0.29, 0.717) is 33.4 Å². The van der Waals surface area contributed by atoms with Gasteiger partial charge in [0.25, 0.3) is 5.91 Å². The predicted molar refractivity (Wildman–Crippen MR) is 122 cm³/mol. The van der Waals surface area contributed by atoms with Crippen LogP contribution in [-0.4, -0.2) is 42.5 Å². The lowest BCUT2D eigenvalue weighted by atomic mass is 10.2. The van der Waals surface area contributed by atoms with Crippen molar-refractivity contribution < 1.29 is 28.2 Å². The van der Waals surface area contributed by atoms with E-state index in [2.05, 4.69) is 10.4 Å². The Bertz CT molecular complexity index is 1310. The Morgan fingerprint density at radius 1 is 1.06 bits per heavy atom. The first-order valence-electron chi connectivity index (χ1n) is 9.83. The zero-order valence-corrected chi connectivity index (χ0v) is 18.9. The Kier molecular flexibility index (Phi) is 6.27. The molecule has 1 amide bonds. The van der Waals surface area contributed by atoms with Crippen molar-refractivity contribution in [3.63, 3.8) is 0 Å². The molecule has 2 heterocycles. The number of amides is 1. The number of halogens is 1. The number of anilines is 1. The van der Waals surface area contributed by atoms with Gasteiger partial charge in [-0.1, -0.05) is 0 Å². The molecule has 0 aliphatic rings. The number of nitrogens with one attached hydrogen (secondary N) is 1. The third-order valence-corrected chi connectivity index (χ3v) is 5.88. The van der Waals surface area contributed by atoms with Gasteiger partial charge in [0, 0.05) is 29.3 Å². The molecule has 10 heteroatoms. The highest BCUT2D eigenvalue weighted by molar-refractivity contribution is 7.20. The summed E-state index contributed by atoms with van der Waals surface area (Å²) in [5.74, 6) is -0.456. The van der Waals surface area contributed by atoms with Gasteiger partial charge in [0.15, 0.2) is 6.61 Å². The molecule has 0 bridgehead atoms. The lowest BCUT2D eigenvalue weighted by Crippen LogP contribution is -2.20. The second kappa shape index (κ2) is 9.29. The average molecular weight is 469 g/mol. The zero-order chi connectivity index (χ0) is 23.5. The summed E-state index contributed by atoms with van der Waals surface area (Å²) in [6, 6.07) is 12.5. The van der Waals surface area contributed by atoms with Gasteiger partial charge in [0.05, 0.1) is 25.6 Å². The van der Waals surface area contributed by atoms with Crippen molar-refractivity contribution in [2.45, 2.75) is 6.92 Å². The summed E-state index contributed by atoms with van der Waals surface area (Å²) in [4.78, 5) is 25.9. The Hall–Kier alpha value is -3.92. The molecule has 0 unspecified atom stereocenters. The van der Waals surface area contributed by atoms with Crippen LogP contribution in [0, 0.1) is 12.7 Å². The maximum atomic E-state index is 13.3. The molecule has 8 nitrogen and oxygen atoms in total. The van der Waals surface area contributed by atoms with Gasteiger partial charge >= 0.3 is 5.97 Å². The normalized spacial score (nSPS) is 10.8. The predicted octanol–water partition coefficient (Wildman–Crippen LogP) is 4.35. The lowest BCUT2D eigenvalue weighted by Gasteiger charge is -2.10. The van der Waals surface area contributed by atoms with E-state index in [1.54, 1.807) is 41.1 Å². The summed E-state index contributed by atoms with van der Waals surface area (Å²) in [6.45, 7) is 1.36. The highest BCUT2D eigenvalue weighted by atomic mass is 32.1. The molecule has 0 aliphatic heterocycles. The second-order valence-corrected chi connectivity index (χ2v) is 8.06. The fourth-order valence-electron chi connectivity index (χ4n) is 3.18. The van der Waals surface area contributed by atoms with Crippen molar-refractivity contribution in [3.05, 3.63) is 64.9 Å². The van der Waals surface area contributed by atoms with Crippen LogP contribution in [0.4, 0.5) is 10.1 Å². The molecule has 0 atom stereocenters. The Labute approximate surface area is 192 Å². The monoisotopic (exact) mass is 469 g/mol. The van der Waals surface area contributed by atoms with E-state index in [-0.39, 0.29) is 5.82 Å². The molecular formula is C23H20FN3O5S. The van der Waals surface area contributed by atoms with E-state index in [9.17, 15) is 14.0 Å². The Morgan fingerprint density at radius 2 is 1.73 bits per heavy atom. The van der Waals surface area contributed by atoms with E-state index in [4.69, 9.17) is 14.2 Å². The third-order valence-electron chi connectivity index (χ3n) is 4.79. The minimum absolute atomic E-state index is 0.331. The SMILES string of the molecule is COc1cc(NC(=O)COC(=O)c2cc3c(C)nn(-c4ccc(F)cc4)c3s2)cc(OC)c1. The molecule has 2 aromatic heterocycles. The van der Waals surface area contributed by atoms with Crippen LogP contribution >= 0.6 is 11.3 Å². The molecule has 0 spiro atoms. The van der Waals surface area contributed by atoms with Crippen molar-refractivity contribution in [1.29, 1.82) is 0 Å². The average Bonchev–Trinajstić information content (AvgIpc) is 3.38. The number of nitrogens with zero attached hydrogens (tertiary/aromatic N) is 2. The summed E-state index contributed by atoms with van der Waals surface area (Å²) < 4.78 is 30.4. The fourth-order valence-corrected chi connectivity index (χ4v) is 4.26. The highest BCUT2D eigenvalue weighted by Gasteiger charge is 2.19. The number of carbonyl (C=O) groups is 2. The van der Waals surface area contributed by atoms with Crippen LogP contribution in [0.15, 0.2) is 48.5 Å². The number of aryl methyl sites for hydroxylation is 1. The van der Waals surface area contributed by atoms with Crippen LogP contribution in [-0.2, 0) is 9.53 Å². The molecule has 0 aliphatic carbocycles. The Morgan fingerprint density at radius 3 is 2.36 bits per heavy atom. The van der Waals surface area contributed by atoms with Gasteiger partial charge in [0.1, 0.15) is 27.0 Å². The van der Waals surface area contributed by atoms with E-state index >= 15 is 0 Å². The molecule has 4 aromatic rings. The summed E-state index contributed by atoms with van der Waals surface area (Å²) in [6.07, 6.45) is 0. The molecular weight excluding hydrogens is 449 g/mol. The van der Waals surface area contributed by atoms with E-state index < -0.39 is 18.5 Å². The van der Waals surface area contributed by atoms with Gasteiger partial charge in [-0.05, 0) is 37.3 Å². The van der Waals surface area contributed by atoms with Crippen LogP contribution in [0.1, 0.15) is 15.4 Å². The van der Waals surface area contributed by atoms with Crippen molar-refractivity contribution in [1.82, 2.24) is 9.78 Å². The maximum Gasteiger partial charge on any atom is 0.348 e. The van der Waals surface area contributed by atoms with Crippen molar-refractivity contribution in [2.75, 3.05) is 26.1 Å². The second-order valence-electron chi connectivity index (χ2n) is 7.03. The number of thiophene rings is 1. The van der Waals surface area contributed by atoms with Crippen LogP contribution in [0.25, 0.3) is 15.9 Å². The number of ether oxygens (including phenoxy) is 3. The number of benzene rings is 2. The number of methoxy groups -OCH3 is 2. The van der Waals surface area contributed by atoms with Gasteiger partial charge in [0.2, 0.25) is 0 Å². The minimum atomic E-state index is -0.625. The Balaban J connectivity index is 1.45. The number of fused-ring (bicyclic) bond motifs is 1. The molecule has 0 fully saturated rings. The van der Waals surface area contributed by atoms with E-state index in [1.807, 2.05) is 6.92 Å². The molecule has 170 valence electrons. The molecule has 0 saturated heterocycles. The molecule has 4 rings (SSSR count). The number of esters is 1. The number of hydrogen-bond acceptors (Lipinski definition) is 7. The third kappa shape index (κ3) is 4.80. The quantitative estimate of drug-likeness (QED) is 0.405. The van der Waals surface area contributed by atoms with Crippen LogP contribution in [0.3, 0.4) is 0 Å². The lowest BCUT2D eigenvalue weighted by molar-refractivity contribution is -0.119. The summed E-state index contributed by atoms with van der Waals surface area (Å²) in [7, 11) is 3.01. The molecule has 0 saturated carbocycles. The minimum Gasteiger partial charge on any atom is -0.497 e. The van der Waals surface area contributed by atoms with Crippen molar-refractivity contribution >= 4 is 39.1 Å². The van der Waals surface area contributed by atoms with Crippen LogP contribution < -0.4 is 14.8 Å².